The molecule has 17 heavy (non-hydrogen) atoms. The van der Waals surface area contributed by atoms with E-state index in [4.69, 9.17) is 0 Å². The zero-order chi connectivity index (χ0) is 13.1. The van der Waals surface area contributed by atoms with Crippen molar-refractivity contribution in [2.75, 3.05) is 0 Å². The standard InChI is InChI=1S/C13H15F3O/c1-3-4-12(17)9(2)10-5-7-11(8-6-10)13(14,15)16/h5-9H,3-4H2,1-2H3. The lowest BCUT2D eigenvalue weighted by Crippen LogP contribution is -2.10. The Morgan fingerprint density at radius 2 is 1.76 bits per heavy atom. The summed E-state index contributed by atoms with van der Waals surface area (Å²) in [4.78, 5) is 11.6. The number of benzene rings is 1. The predicted octanol–water partition coefficient (Wildman–Crippen LogP) is 4.18. The van der Waals surface area contributed by atoms with Crippen LogP contribution in [-0.2, 0) is 11.0 Å². The lowest BCUT2D eigenvalue weighted by atomic mass is 9.93. The zero-order valence-corrected chi connectivity index (χ0v) is 9.84. The number of carbonyl (C=O) groups excluding carboxylic acids is 1. The van der Waals surface area contributed by atoms with Crippen LogP contribution in [0.3, 0.4) is 0 Å². The van der Waals surface area contributed by atoms with Crippen molar-refractivity contribution in [2.24, 2.45) is 0 Å². The molecule has 94 valence electrons. The molecule has 0 N–H and O–H groups in total. The third-order valence-electron chi connectivity index (χ3n) is 2.72. The summed E-state index contributed by atoms with van der Waals surface area (Å²) in [6, 6.07) is 4.79. The molecule has 0 saturated heterocycles. The summed E-state index contributed by atoms with van der Waals surface area (Å²) in [5.74, 6) is -0.274. The highest BCUT2D eigenvalue weighted by atomic mass is 19.4. The predicted molar refractivity (Wildman–Crippen MR) is 59.8 cm³/mol. The Morgan fingerprint density at radius 1 is 1.24 bits per heavy atom. The Balaban J connectivity index is 2.84. The number of alkyl halides is 3. The van der Waals surface area contributed by atoms with Crippen LogP contribution in [0, 0.1) is 0 Å². The molecule has 0 aromatic heterocycles. The van der Waals surface area contributed by atoms with Gasteiger partial charge in [0.1, 0.15) is 5.78 Å². The molecule has 1 rings (SSSR count). The zero-order valence-electron chi connectivity index (χ0n) is 9.84. The van der Waals surface area contributed by atoms with E-state index >= 15 is 0 Å². The van der Waals surface area contributed by atoms with Crippen molar-refractivity contribution >= 4 is 5.78 Å². The van der Waals surface area contributed by atoms with Gasteiger partial charge < -0.3 is 0 Å². The van der Waals surface area contributed by atoms with Gasteiger partial charge in [0.2, 0.25) is 0 Å². The summed E-state index contributed by atoms with van der Waals surface area (Å²) in [5, 5.41) is 0. The van der Waals surface area contributed by atoms with Crippen LogP contribution in [-0.4, -0.2) is 5.78 Å². The van der Waals surface area contributed by atoms with Gasteiger partial charge in [0.15, 0.2) is 0 Å². The quantitative estimate of drug-likeness (QED) is 0.776. The van der Waals surface area contributed by atoms with Crippen molar-refractivity contribution < 1.29 is 18.0 Å². The van der Waals surface area contributed by atoms with Crippen LogP contribution in [0.15, 0.2) is 24.3 Å². The van der Waals surface area contributed by atoms with Crippen molar-refractivity contribution in [2.45, 2.75) is 38.8 Å². The fraction of sp³-hybridized carbons (Fsp3) is 0.462. The van der Waals surface area contributed by atoms with Gasteiger partial charge in [-0.1, -0.05) is 26.0 Å². The molecule has 0 fully saturated rings. The van der Waals surface area contributed by atoms with Crippen molar-refractivity contribution in [1.29, 1.82) is 0 Å². The molecule has 1 atom stereocenters. The van der Waals surface area contributed by atoms with Gasteiger partial charge in [-0.05, 0) is 24.1 Å². The highest BCUT2D eigenvalue weighted by Crippen LogP contribution is 2.30. The average Bonchev–Trinajstić information content (AvgIpc) is 2.27. The first kappa shape index (κ1) is 13.7. The van der Waals surface area contributed by atoms with Crippen LogP contribution >= 0.6 is 0 Å². The van der Waals surface area contributed by atoms with Crippen molar-refractivity contribution in [3.8, 4) is 0 Å². The monoisotopic (exact) mass is 244 g/mol. The van der Waals surface area contributed by atoms with E-state index in [1.54, 1.807) is 6.92 Å². The van der Waals surface area contributed by atoms with Gasteiger partial charge in [-0.25, -0.2) is 0 Å². The molecule has 0 amide bonds. The first-order valence-electron chi connectivity index (χ1n) is 5.56. The smallest absolute Gasteiger partial charge is 0.299 e. The first-order valence-corrected chi connectivity index (χ1v) is 5.56. The lowest BCUT2D eigenvalue weighted by molar-refractivity contribution is -0.137. The number of Topliss-reactive ketones (excluding diaryl/α,β-unsaturated/α-hetero) is 1. The summed E-state index contributed by atoms with van der Waals surface area (Å²) >= 11 is 0. The van der Waals surface area contributed by atoms with Crippen LogP contribution in [0.4, 0.5) is 13.2 Å². The topological polar surface area (TPSA) is 17.1 Å². The number of rotatable bonds is 4. The Hall–Kier alpha value is -1.32. The van der Waals surface area contributed by atoms with E-state index in [2.05, 4.69) is 0 Å². The van der Waals surface area contributed by atoms with Crippen LogP contribution in [0.5, 0.6) is 0 Å². The minimum absolute atomic E-state index is 0.0623. The summed E-state index contributed by atoms with van der Waals surface area (Å²) in [7, 11) is 0. The molecular weight excluding hydrogens is 229 g/mol. The molecule has 0 saturated carbocycles. The molecule has 0 bridgehead atoms. The van der Waals surface area contributed by atoms with Gasteiger partial charge in [-0.15, -0.1) is 0 Å². The number of halogens is 3. The van der Waals surface area contributed by atoms with E-state index < -0.39 is 11.7 Å². The number of hydrogen-bond donors (Lipinski definition) is 0. The maximum atomic E-state index is 12.3. The van der Waals surface area contributed by atoms with Gasteiger partial charge in [0.05, 0.1) is 5.56 Å². The van der Waals surface area contributed by atoms with Crippen LogP contribution < -0.4 is 0 Å². The summed E-state index contributed by atoms with van der Waals surface area (Å²) in [5.41, 5.74) is -0.0483. The number of carbonyl (C=O) groups is 1. The van der Waals surface area contributed by atoms with Gasteiger partial charge in [0.25, 0.3) is 0 Å². The molecule has 1 unspecified atom stereocenters. The van der Waals surface area contributed by atoms with Gasteiger partial charge in [0, 0.05) is 12.3 Å². The molecule has 0 aliphatic carbocycles. The van der Waals surface area contributed by atoms with E-state index in [0.717, 1.165) is 18.6 Å². The second-order valence-electron chi connectivity index (χ2n) is 4.06. The first-order chi connectivity index (χ1) is 7.86. The van der Waals surface area contributed by atoms with E-state index in [-0.39, 0.29) is 11.7 Å². The SMILES string of the molecule is CCCC(=O)C(C)c1ccc(C(F)(F)F)cc1. The number of hydrogen-bond acceptors (Lipinski definition) is 1. The maximum Gasteiger partial charge on any atom is 0.416 e. The fourth-order valence-corrected chi connectivity index (χ4v) is 1.61. The van der Waals surface area contributed by atoms with Gasteiger partial charge in [-0.3, -0.25) is 4.79 Å². The highest BCUT2D eigenvalue weighted by Gasteiger charge is 2.30. The van der Waals surface area contributed by atoms with Gasteiger partial charge in [-0.2, -0.15) is 13.2 Å². The number of ketones is 1. The molecule has 4 heteroatoms. The Kier molecular flexibility index (Phi) is 4.32. The fourth-order valence-electron chi connectivity index (χ4n) is 1.61. The van der Waals surface area contributed by atoms with Crippen molar-refractivity contribution in [3.63, 3.8) is 0 Å². The van der Waals surface area contributed by atoms with E-state index in [1.807, 2.05) is 6.92 Å². The Morgan fingerprint density at radius 3 is 2.18 bits per heavy atom. The summed E-state index contributed by atoms with van der Waals surface area (Å²) in [6.07, 6.45) is -3.11. The molecule has 0 aliphatic heterocycles. The molecule has 0 heterocycles. The van der Waals surface area contributed by atoms with E-state index in [0.29, 0.717) is 12.0 Å². The molecule has 0 aliphatic rings. The Bertz CT molecular complexity index is 379. The highest BCUT2D eigenvalue weighted by molar-refractivity contribution is 5.85. The summed E-state index contributed by atoms with van der Waals surface area (Å²) in [6.45, 7) is 3.62. The summed E-state index contributed by atoms with van der Waals surface area (Å²) < 4.78 is 37.0. The van der Waals surface area contributed by atoms with Crippen LogP contribution in [0.25, 0.3) is 0 Å². The second kappa shape index (κ2) is 5.34. The van der Waals surface area contributed by atoms with E-state index in [9.17, 15) is 18.0 Å². The molecule has 1 aromatic carbocycles. The van der Waals surface area contributed by atoms with Crippen molar-refractivity contribution in [3.05, 3.63) is 35.4 Å². The molecule has 0 radical (unpaired) electrons. The third kappa shape index (κ3) is 3.58. The van der Waals surface area contributed by atoms with Crippen LogP contribution in [0.1, 0.15) is 43.7 Å². The minimum Gasteiger partial charge on any atom is -0.299 e. The lowest BCUT2D eigenvalue weighted by Gasteiger charge is -2.12. The molecule has 1 aromatic rings. The molecule has 1 nitrogen and oxygen atoms in total. The third-order valence-corrected chi connectivity index (χ3v) is 2.72. The Labute approximate surface area is 98.6 Å². The van der Waals surface area contributed by atoms with Gasteiger partial charge >= 0.3 is 6.18 Å². The van der Waals surface area contributed by atoms with E-state index in [1.165, 1.54) is 12.1 Å². The molecular formula is C13H15F3O. The normalized spacial score (nSPS) is 13.5. The average molecular weight is 244 g/mol. The minimum atomic E-state index is -4.32. The maximum absolute atomic E-state index is 12.3. The van der Waals surface area contributed by atoms with Crippen molar-refractivity contribution in [1.82, 2.24) is 0 Å². The molecule has 0 spiro atoms. The van der Waals surface area contributed by atoms with Crippen LogP contribution in [0.2, 0.25) is 0 Å². The second-order valence-corrected chi connectivity index (χ2v) is 4.06. The largest absolute Gasteiger partial charge is 0.416 e.